The van der Waals surface area contributed by atoms with E-state index in [-0.39, 0.29) is 5.41 Å². The third-order valence-electron chi connectivity index (χ3n) is 3.65. The highest BCUT2D eigenvalue weighted by Crippen LogP contribution is 2.37. The van der Waals surface area contributed by atoms with Crippen molar-refractivity contribution in [3.63, 3.8) is 0 Å². The highest BCUT2D eigenvalue weighted by molar-refractivity contribution is 7.99. The third-order valence-corrected chi connectivity index (χ3v) is 5.41. The van der Waals surface area contributed by atoms with Gasteiger partial charge in [0, 0.05) is 11.3 Å². The summed E-state index contributed by atoms with van der Waals surface area (Å²) in [5.41, 5.74) is 4.42. The molecular weight excluding hydrogens is 387 g/mol. The number of ether oxygens (including phenoxy) is 1. The standard InChI is InChI=1S/C19H32OS2.H3O3P/c1-7-21-13-11-16-15(3)9-10-17(18(16)19(4,5)6)20-12-14-22-8-2;1-4(2)3/h9-10H,7-8,11-14H2,1-6H3;1-3H. The number of hydrogen-bond acceptors (Lipinski definition) is 6. The van der Waals surface area contributed by atoms with Gasteiger partial charge < -0.3 is 19.4 Å². The highest BCUT2D eigenvalue weighted by atomic mass is 32.2. The van der Waals surface area contributed by atoms with Crippen molar-refractivity contribution in [2.45, 2.75) is 53.4 Å². The number of hydrogen-bond donors (Lipinski definition) is 3. The molecule has 0 saturated heterocycles. The minimum atomic E-state index is -2.62. The molecule has 0 amide bonds. The SMILES string of the molecule is CCSCCOc1ccc(C)c(CCSCC)c1C(C)(C)C.OP(O)O. The van der Waals surface area contributed by atoms with Gasteiger partial charge in [-0.2, -0.15) is 23.5 Å². The van der Waals surface area contributed by atoms with E-state index in [2.05, 4.69) is 53.7 Å². The fourth-order valence-electron chi connectivity index (χ4n) is 2.67. The van der Waals surface area contributed by atoms with Gasteiger partial charge in [0.25, 0.3) is 0 Å². The molecule has 0 aliphatic carbocycles. The Morgan fingerprint density at radius 2 is 1.54 bits per heavy atom. The zero-order valence-electron chi connectivity index (χ0n) is 16.9. The molecule has 0 aliphatic rings. The molecule has 1 aromatic rings. The summed E-state index contributed by atoms with van der Waals surface area (Å²) in [5.74, 6) is 5.69. The van der Waals surface area contributed by atoms with Gasteiger partial charge >= 0.3 is 8.60 Å². The number of benzene rings is 1. The Labute approximate surface area is 169 Å². The molecule has 26 heavy (non-hydrogen) atoms. The summed E-state index contributed by atoms with van der Waals surface area (Å²) in [7, 11) is -2.62. The second-order valence-electron chi connectivity index (χ2n) is 6.74. The van der Waals surface area contributed by atoms with Crippen molar-refractivity contribution < 1.29 is 19.4 Å². The van der Waals surface area contributed by atoms with E-state index >= 15 is 0 Å². The van der Waals surface area contributed by atoms with Crippen LogP contribution >= 0.6 is 32.1 Å². The number of rotatable bonds is 9. The molecule has 4 nitrogen and oxygen atoms in total. The maximum Gasteiger partial charge on any atom is 0.324 e. The highest BCUT2D eigenvalue weighted by Gasteiger charge is 2.24. The Morgan fingerprint density at radius 3 is 2.04 bits per heavy atom. The summed E-state index contributed by atoms with van der Waals surface area (Å²) < 4.78 is 6.14. The first kappa shape index (κ1) is 26.0. The van der Waals surface area contributed by atoms with Gasteiger partial charge in [-0.3, -0.25) is 0 Å². The Morgan fingerprint density at radius 1 is 1.00 bits per heavy atom. The predicted molar refractivity (Wildman–Crippen MR) is 119 cm³/mol. The van der Waals surface area contributed by atoms with Crippen LogP contribution in [0.25, 0.3) is 0 Å². The number of aryl methyl sites for hydroxylation is 1. The lowest BCUT2D eigenvalue weighted by atomic mass is 9.80. The fourth-order valence-corrected chi connectivity index (χ4v) is 3.80. The summed E-state index contributed by atoms with van der Waals surface area (Å²) in [6, 6.07) is 4.40. The molecule has 0 bridgehead atoms. The molecule has 0 heterocycles. The van der Waals surface area contributed by atoms with Crippen LogP contribution in [0, 0.1) is 6.92 Å². The van der Waals surface area contributed by atoms with E-state index in [9.17, 15) is 0 Å². The average molecular weight is 423 g/mol. The monoisotopic (exact) mass is 422 g/mol. The van der Waals surface area contributed by atoms with Crippen molar-refractivity contribution in [2.75, 3.05) is 29.6 Å². The van der Waals surface area contributed by atoms with Crippen LogP contribution in [0.2, 0.25) is 0 Å². The van der Waals surface area contributed by atoms with Gasteiger partial charge in [-0.15, -0.1) is 0 Å². The van der Waals surface area contributed by atoms with Crippen LogP contribution in [0.3, 0.4) is 0 Å². The van der Waals surface area contributed by atoms with Crippen molar-refractivity contribution in [2.24, 2.45) is 0 Å². The number of thioether (sulfide) groups is 2. The van der Waals surface area contributed by atoms with Crippen molar-refractivity contribution in [1.82, 2.24) is 0 Å². The van der Waals surface area contributed by atoms with Gasteiger partial charge in [-0.25, -0.2) is 0 Å². The largest absolute Gasteiger partial charge is 0.492 e. The summed E-state index contributed by atoms with van der Waals surface area (Å²) >= 11 is 3.95. The minimum absolute atomic E-state index is 0.117. The minimum Gasteiger partial charge on any atom is -0.492 e. The molecule has 1 aromatic carbocycles. The molecular formula is C19H35O4PS2. The second-order valence-corrected chi connectivity index (χ2v) is 10.1. The zero-order chi connectivity index (χ0) is 20.2. The molecule has 0 unspecified atom stereocenters. The first-order chi connectivity index (χ1) is 12.1. The molecule has 3 N–H and O–H groups in total. The Bertz CT molecular complexity index is 502. The first-order valence-corrected chi connectivity index (χ1v) is 12.4. The van der Waals surface area contributed by atoms with Gasteiger partial charge in [0.15, 0.2) is 0 Å². The zero-order valence-corrected chi connectivity index (χ0v) is 19.4. The summed E-state index contributed by atoms with van der Waals surface area (Å²) in [6.45, 7) is 14.4. The Balaban J connectivity index is 0.00000141. The summed E-state index contributed by atoms with van der Waals surface area (Å²) in [4.78, 5) is 21.7. The molecule has 0 radical (unpaired) electrons. The maximum absolute atomic E-state index is 7.23. The average Bonchev–Trinajstić information content (AvgIpc) is 2.52. The lowest BCUT2D eigenvalue weighted by Crippen LogP contribution is -2.18. The molecule has 0 spiro atoms. The van der Waals surface area contributed by atoms with Crippen LogP contribution in [-0.4, -0.2) is 44.3 Å². The van der Waals surface area contributed by atoms with Gasteiger partial charge in [0.2, 0.25) is 0 Å². The summed E-state index contributed by atoms with van der Waals surface area (Å²) in [6.07, 6.45) is 1.14. The van der Waals surface area contributed by atoms with Gasteiger partial charge in [0.05, 0.1) is 6.61 Å². The lowest BCUT2D eigenvalue weighted by molar-refractivity contribution is 0.332. The van der Waals surface area contributed by atoms with E-state index in [1.165, 1.54) is 28.2 Å². The van der Waals surface area contributed by atoms with E-state index in [1.807, 2.05) is 23.5 Å². The molecule has 0 aromatic heterocycles. The maximum atomic E-state index is 7.23. The quantitative estimate of drug-likeness (QED) is 0.388. The van der Waals surface area contributed by atoms with Crippen LogP contribution in [0.15, 0.2) is 12.1 Å². The molecule has 0 aliphatic heterocycles. The topological polar surface area (TPSA) is 69.9 Å². The molecule has 7 heteroatoms. The Hall–Kier alpha value is 0.0300. The van der Waals surface area contributed by atoms with E-state index in [1.54, 1.807) is 0 Å². The van der Waals surface area contributed by atoms with Crippen LogP contribution in [0.4, 0.5) is 0 Å². The van der Waals surface area contributed by atoms with Crippen LogP contribution in [0.1, 0.15) is 51.3 Å². The van der Waals surface area contributed by atoms with Crippen LogP contribution in [0.5, 0.6) is 5.75 Å². The molecule has 152 valence electrons. The normalized spacial score (nSPS) is 11.3. The first-order valence-electron chi connectivity index (χ1n) is 8.93. The Kier molecular flexibility index (Phi) is 14.1. The predicted octanol–water partition coefficient (Wildman–Crippen LogP) is 4.91. The van der Waals surface area contributed by atoms with E-state index in [0.717, 1.165) is 30.3 Å². The van der Waals surface area contributed by atoms with Crippen molar-refractivity contribution in [3.8, 4) is 5.75 Å². The van der Waals surface area contributed by atoms with E-state index in [0.29, 0.717) is 0 Å². The van der Waals surface area contributed by atoms with Gasteiger partial charge in [-0.1, -0.05) is 40.7 Å². The van der Waals surface area contributed by atoms with E-state index < -0.39 is 8.60 Å². The smallest absolute Gasteiger partial charge is 0.324 e. The van der Waals surface area contributed by atoms with Crippen molar-refractivity contribution in [3.05, 3.63) is 28.8 Å². The van der Waals surface area contributed by atoms with E-state index in [4.69, 9.17) is 19.4 Å². The van der Waals surface area contributed by atoms with Crippen molar-refractivity contribution >= 4 is 32.1 Å². The van der Waals surface area contributed by atoms with Crippen molar-refractivity contribution in [1.29, 1.82) is 0 Å². The second kappa shape index (κ2) is 14.1. The molecule has 0 atom stereocenters. The summed E-state index contributed by atoms with van der Waals surface area (Å²) in [5, 5.41) is 0. The molecule has 0 saturated carbocycles. The fraction of sp³-hybridized carbons (Fsp3) is 0.684. The van der Waals surface area contributed by atoms with Gasteiger partial charge in [-0.05, 0) is 53.2 Å². The third kappa shape index (κ3) is 11.0. The van der Waals surface area contributed by atoms with Gasteiger partial charge in [0.1, 0.15) is 5.75 Å². The van der Waals surface area contributed by atoms with Crippen LogP contribution < -0.4 is 4.74 Å². The molecule has 0 fully saturated rings. The molecule has 1 rings (SSSR count). The lowest BCUT2D eigenvalue weighted by Gasteiger charge is -2.27. The van der Waals surface area contributed by atoms with Crippen LogP contribution in [-0.2, 0) is 11.8 Å².